The first-order chi connectivity index (χ1) is 12.7. The molecule has 0 saturated carbocycles. The molecule has 2 amide bonds. The first-order valence-corrected chi connectivity index (χ1v) is 8.76. The van der Waals surface area contributed by atoms with E-state index >= 15 is 0 Å². The van der Waals surface area contributed by atoms with E-state index in [0.29, 0.717) is 48.8 Å². The van der Waals surface area contributed by atoms with Crippen LogP contribution in [0.1, 0.15) is 27.1 Å². The lowest BCUT2D eigenvalue weighted by molar-refractivity contribution is 0.0716. The van der Waals surface area contributed by atoms with E-state index in [4.69, 9.17) is 9.47 Å². The molecule has 4 rings (SSSR count). The number of ether oxygens (including phenoxy) is 2. The number of benzene rings is 2. The Bertz CT molecular complexity index is 822. The van der Waals surface area contributed by atoms with E-state index in [-0.39, 0.29) is 18.6 Å². The second kappa shape index (κ2) is 7.07. The standard InChI is InChI=1S/C20H20N2O4/c23-19(15-6-2-1-3-7-15)21-10-5-11-22(13-12-21)20(24)16-8-4-9-17-18(16)26-14-25-17/h1-4,6-9H,5,10-14H2. The van der Waals surface area contributed by atoms with Crippen LogP contribution in [0.15, 0.2) is 48.5 Å². The van der Waals surface area contributed by atoms with Gasteiger partial charge in [0.2, 0.25) is 6.79 Å². The predicted molar refractivity (Wildman–Crippen MR) is 95.4 cm³/mol. The molecule has 0 radical (unpaired) electrons. The SMILES string of the molecule is O=C(c1ccccc1)N1CCCN(C(=O)c2cccc3c2OCO3)CC1. The number of rotatable bonds is 2. The summed E-state index contributed by atoms with van der Waals surface area (Å²) in [7, 11) is 0. The number of para-hydroxylation sites is 1. The maximum absolute atomic E-state index is 12.9. The Morgan fingerprint density at radius 1 is 0.769 bits per heavy atom. The summed E-state index contributed by atoms with van der Waals surface area (Å²) in [6.07, 6.45) is 0.747. The minimum atomic E-state index is -0.0821. The summed E-state index contributed by atoms with van der Waals surface area (Å²) in [4.78, 5) is 29.2. The van der Waals surface area contributed by atoms with Gasteiger partial charge in [-0.05, 0) is 30.7 Å². The molecule has 0 atom stereocenters. The van der Waals surface area contributed by atoms with Crippen molar-refractivity contribution < 1.29 is 19.1 Å². The Kier molecular flexibility index (Phi) is 4.48. The fraction of sp³-hybridized carbons (Fsp3) is 0.300. The minimum Gasteiger partial charge on any atom is -0.454 e. The Morgan fingerprint density at radius 2 is 1.50 bits per heavy atom. The van der Waals surface area contributed by atoms with E-state index in [9.17, 15) is 9.59 Å². The third kappa shape index (κ3) is 3.10. The van der Waals surface area contributed by atoms with Gasteiger partial charge in [-0.25, -0.2) is 0 Å². The monoisotopic (exact) mass is 352 g/mol. The second-order valence-electron chi connectivity index (χ2n) is 6.34. The molecule has 0 spiro atoms. The topological polar surface area (TPSA) is 59.1 Å². The van der Waals surface area contributed by atoms with Gasteiger partial charge in [-0.2, -0.15) is 0 Å². The van der Waals surface area contributed by atoms with Crippen molar-refractivity contribution >= 4 is 11.8 Å². The Hall–Kier alpha value is -3.02. The normalized spacial score (nSPS) is 16.3. The molecule has 2 heterocycles. The van der Waals surface area contributed by atoms with Gasteiger partial charge in [0, 0.05) is 31.7 Å². The molecule has 6 nitrogen and oxygen atoms in total. The van der Waals surface area contributed by atoms with Gasteiger partial charge < -0.3 is 19.3 Å². The van der Waals surface area contributed by atoms with Gasteiger partial charge in [0.1, 0.15) is 0 Å². The molecule has 134 valence electrons. The van der Waals surface area contributed by atoms with Crippen LogP contribution in [0.25, 0.3) is 0 Å². The number of carbonyl (C=O) groups excluding carboxylic acids is 2. The number of hydrogen-bond acceptors (Lipinski definition) is 4. The Labute approximate surface area is 151 Å². The lowest BCUT2D eigenvalue weighted by atomic mass is 10.1. The van der Waals surface area contributed by atoms with Crippen LogP contribution in [0, 0.1) is 0 Å². The minimum absolute atomic E-state index is 0.0113. The lowest BCUT2D eigenvalue weighted by Crippen LogP contribution is -2.37. The molecule has 26 heavy (non-hydrogen) atoms. The summed E-state index contributed by atoms with van der Waals surface area (Å²) >= 11 is 0. The number of hydrogen-bond donors (Lipinski definition) is 0. The molecular weight excluding hydrogens is 332 g/mol. The second-order valence-corrected chi connectivity index (χ2v) is 6.34. The van der Waals surface area contributed by atoms with Crippen molar-refractivity contribution in [3.05, 3.63) is 59.7 Å². The zero-order valence-electron chi connectivity index (χ0n) is 14.4. The first-order valence-electron chi connectivity index (χ1n) is 8.76. The van der Waals surface area contributed by atoms with E-state index in [1.165, 1.54) is 0 Å². The molecule has 2 aromatic carbocycles. The van der Waals surface area contributed by atoms with Crippen molar-refractivity contribution in [2.45, 2.75) is 6.42 Å². The largest absolute Gasteiger partial charge is 0.454 e. The number of fused-ring (bicyclic) bond motifs is 1. The predicted octanol–water partition coefficient (Wildman–Crippen LogP) is 2.40. The van der Waals surface area contributed by atoms with Gasteiger partial charge in [-0.1, -0.05) is 24.3 Å². The van der Waals surface area contributed by atoms with Crippen LogP contribution in [-0.4, -0.2) is 54.6 Å². The third-order valence-electron chi connectivity index (χ3n) is 4.72. The van der Waals surface area contributed by atoms with Gasteiger partial charge in [0.05, 0.1) is 5.56 Å². The molecule has 2 aliphatic heterocycles. The summed E-state index contributed by atoms with van der Waals surface area (Å²) in [6, 6.07) is 14.6. The smallest absolute Gasteiger partial charge is 0.257 e. The van der Waals surface area contributed by atoms with Crippen LogP contribution in [0.3, 0.4) is 0 Å². The van der Waals surface area contributed by atoms with Crippen molar-refractivity contribution in [1.29, 1.82) is 0 Å². The molecule has 0 aromatic heterocycles. The number of amides is 2. The van der Waals surface area contributed by atoms with Crippen molar-refractivity contribution in [3.8, 4) is 11.5 Å². The Morgan fingerprint density at radius 3 is 2.27 bits per heavy atom. The van der Waals surface area contributed by atoms with Crippen LogP contribution in [0.5, 0.6) is 11.5 Å². The quantitative estimate of drug-likeness (QED) is 0.833. The highest BCUT2D eigenvalue weighted by Crippen LogP contribution is 2.36. The van der Waals surface area contributed by atoms with Gasteiger partial charge >= 0.3 is 0 Å². The van der Waals surface area contributed by atoms with Crippen molar-refractivity contribution in [1.82, 2.24) is 9.80 Å². The number of nitrogens with zero attached hydrogens (tertiary/aromatic N) is 2. The summed E-state index contributed by atoms with van der Waals surface area (Å²) in [5.74, 6) is 1.05. The molecule has 0 bridgehead atoms. The lowest BCUT2D eigenvalue weighted by Gasteiger charge is -2.22. The van der Waals surface area contributed by atoms with Crippen LogP contribution >= 0.6 is 0 Å². The molecule has 0 aliphatic carbocycles. The molecule has 1 saturated heterocycles. The van der Waals surface area contributed by atoms with Gasteiger partial charge in [0.15, 0.2) is 11.5 Å². The molecule has 6 heteroatoms. The Balaban J connectivity index is 1.47. The van der Waals surface area contributed by atoms with Crippen LogP contribution in [0.4, 0.5) is 0 Å². The first kappa shape index (κ1) is 16.4. The fourth-order valence-corrected chi connectivity index (χ4v) is 3.36. The summed E-state index contributed by atoms with van der Waals surface area (Å²) in [5, 5.41) is 0. The average Bonchev–Trinajstić information content (AvgIpc) is 3.04. The molecule has 0 N–H and O–H groups in total. The van der Waals surface area contributed by atoms with E-state index < -0.39 is 0 Å². The zero-order chi connectivity index (χ0) is 17.9. The average molecular weight is 352 g/mol. The zero-order valence-corrected chi connectivity index (χ0v) is 14.4. The van der Waals surface area contributed by atoms with Crippen LogP contribution in [0.2, 0.25) is 0 Å². The summed E-state index contributed by atoms with van der Waals surface area (Å²) < 4.78 is 10.8. The highest BCUT2D eigenvalue weighted by atomic mass is 16.7. The van der Waals surface area contributed by atoms with Crippen molar-refractivity contribution in [3.63, 3.8) is 0 Å². The molecule has 2 aromatic rings. The molecule has 0 unspecified atom stereocenters. The van der Waals surface area contributed by atoms with E-state index in [1.807, 2.05) is 35.2 Å². The molecular formula is C20H20N2O4. The van der Waals surface area contributed by atoms with E-state index in [0.717, 1.165) is 6.42 Å². The maximum atomic E-state index is 12.9. The fourth-order valence-electron chi connectivity index (χ4n) is 3.36. The molecule has 1 fully saturated rings. The van der Waals surface area contributed by atoms with Crippen LogP contribution < -0.4 is 9.47 Å². The van der Waals surface area contributed by atoms with Crippen molar-refractivity contribution in [2.75, 3.05) is 33.0 Å². The van der Waals surface area contributed by atoms with Gasteiger partial charge in [-0.15, -0.1) is 0 Å². The van der Waals surface area contributed by atoms with Crippen LogP contribution in [-0.2, 0) is 0 Å². The maximum Gasteiger partial charge on any atom is 0.257 e. The van der Waals surface area contributed by atoms with Gasteiger partial charge in [-0.3, -0.25) is 9.59 Å². The van der Waals surface area contributed by atoms with E-state index in [2.05, 4.69) is 0 Å². The summed E-state index contributed by atoms with van der Waals surface area (Å²) in [5.41, 5.74) is 1.20. The molecule has 2 aliphatic rings. The van der Waals surface area contributed by atoms with Crippen molar-refractivity contribution in [2.24, 2.45) is 0 Å². The highest BCUT2D eigenvalue weighted by Gasteiger charge is 2.27. The summed E-state index contributed by atoms with van der Waals surface area (Å²) in [6.45, 7) is 2.42. The third-order valence-corrected chi connectivity index (χ3v) is 4.72. The highest BCUT2D eigenvalue weighted by molar-refractivity contribution is 5.98. The van der Waals surface area contributed by atoms with E-state index in [1.54, 1.807) is 23.1 Å². The van der Waals surface area contributed by atoms with Gasteiger partial charge in [0.25, 0.3) is 11.8 Å². The number of carbonyl (C=O) groups is 2.